The molecule has 0 amide bonds. The number of nitrogens with one attached hydrogen (secondary N) is 1. The quantitative estimate of drug-likeness (QED) is 0.693. The third-order valence-corrected chi connectivity index (χ3v) is 5.48. The molecule has 1 aliphatic rings. The fourth-order valence-electron chi connectivity index (χ4n) is 3.40. The Morgan fingerprint density at radius 2 is 2.11 bits per heavy atom. The van der Waals surface area contributed by atoms with Gasteiger partial charge in [0.2, 0.25) is 10.0 Å². The van der Waals surface area contributed by atoms with Crippen LogP contribution in [0.3, 0.4) is 0 Å². The van der Waals surface area contributed by atoms with Crippen molar-refractivity contribution in [2.24, 2.45) is 5.14 Å². The standard InChI is InChI=1S/C15H20F2N6O3S/c1-14(24)6-3-7-23(8-14)10-5-4-9(15(2,16)17)12(27(18,25)26)11(10)13-19-21-22-20-13/h4-5,24H,3,6-8H2,1-2H3,(H2,18,25,26)(H,19,20,21,22). The van der Waals surface area contributed by atoms with E-state index in [4.69, 9.17) is 5.14 Å². The Morgan fingerprint density at radius 1 is 1.41 bits per heavy atom. The summed E-state index contributed by atoms with van der Waals surface area (Å²) in [6, 6.07) is 2.41. The van der Waals surface area contributed by atoms with Gasteiger partial charge < -0.3 is 10.0 Å². The molecule has 3 rings (SSSR count). The molecular weight excluding hydrogens is 382 g/mol. The summed E-state index contributed by atoms with van der Waals surface area (Å²) in [5, 5.41) is 28.6. The van der Waals surface area contributed by atoms with Crippen LogP contribution in [0.25, 0.3) is 11.4 Å². The molecule has 2 heterocycles. The van der Waals surface area contributed by atoms with Crippen LogP contribution >= 0.6 is 0 Å². The van der Waals surface area contributed by atoms with Crippen LogP contribution in [0.1, 0.15) is 32.3 Å². The third kappa shape index (κ3) is 3.92. The second kappa shape index (κ2) is 6.46. The Morgan fingerprint density at radius 3 is 2.63 bits per heavy atom. The molecule has 9 nitrogen and oxygen atoms in total. The van der Waals surface area contributed by atoms with Crippen molar-refractivity contribution in [2.75, 3.05) is 18.0 Å². The lowest BCUT2D eigenvalue weighted by molar-refractivity contribution is 0.0144. The van der Waals surface area contributed by atoms with Gasteiger partial charge in [-0.05, 0) is 42.3 Å². The number of alkyl halides is 2. The Balaban J connectivity index is 2.33. The number of hydrogen-bond acceptors (Lipinski definition) is 7. The molecule has 12 heteroatoms. The lowest BCUT2D eigenvalue weighted by atomic mass is 9.93. The number of piperidine rings is 1. The number of hydrogen-bond donors (Lipinski definition) is 3. The summed E-state index contributed by atoms with van der Waals surface area (Å²) in [6.07, 6.45) is 1.20. The summed E-state index contributed by atoms with van der Waals surface area (Å²) < 4.78 is 52.8. The first-order valence-electron chi connectivity index (χ1n) is 8.20. The van der Waals surface area contributed by atoms with Crippen LogP contribution in [-0.2, 0) is 15.9 Å². The molecule has 0 aliphatic carbocycles. The van der Waals surface area contributed by atoms with Gasteiger partial charge in [-0.25, -0.2) is 27.4 Å². The van der Waals surface area contributed by atoms with Gasteiger partial charge in [-0.15, -0.1) is 5.10 Å². The molecule has 0 radical (unpaired) electrons. The van der Waals surface area contributed by atoms with Crippen LogP contribution < -0.4 is 10.0 Å². The topological polar surface area (TPSA) is 138 Å². The molecule has 4 N–H and O–H groups in total. The van der Waals surface area contributed by atoms with Crippen molar-refractivity contribution < 1.29 is 22.3 Å². The molecule has 27 heavy (non-hydrogen) atoms. The maximum absolute atomic E-state index is 14.1. The van der Waals surface area contributed by atoms with Gasteiger partial charge in [-0.2, -0.15) is 0 Å². The number of β-amino-alcohol motifs (C(OH)–C–C–N with tert-alkyl or cyclic N) is 1. The number of primary sulfonamides is 1. The molecule has 1 saturated heterocycles. The molecule has 1 aromatic heterocycles. The van der Waals surface area contributed by atoms with E-state index in [2.05, 4.69) is 20.6 Å². The first-order chi connectivity index (χ1) is 12.4. The number of sulfonamides is 1. The minimum atomic E-state index is -4.55. The summed E-state index contributed by atoms with van der Waals surface area (Å²) in [6.45, 7) is 2.93. The SMILES string of the molecule is CC1(O)CCCN(c2ccc(C(C)(F)F)c(S(N)(=O)=O)c2-c2nnn[nH]2)C1. The van der Waals surface area contributed by atoms with Gasteiger partial charge in [0.15, 0.2) is 5.82 Å². The minimum absolute atomic E-state index is 0.106. The predicted octanol–water partition coefficient (Wildman–Crippen LogP) is 0.977. The zero-order chi connectivity index (χ0) is 20.0. The van der Waals surface area contributed by atoms with Crippen molar-refractivity contribution in [1.29, 1.82) is 0 Å². The fourth-order valence-corrected chi connectivity index (χ4v) is 4.44. The number of tetrazole rings is 1. The second-order valence-electron chi connectivity index (χ2n) is 7.04. The normalized spacial score (nSPS) is 21.5. The lowest BCUT2D eigenvalue weighted by Crippen LogP contribution is -2.46. The summed E-state index contributed by atoms with van der Waals surface area (Å²) in [5.41, 5.74) is -1.60. The van der Waals surface area contributed by atoms with Crippen molar-refractivity contribution in [3.8, 4) is 11.4 Å². The summed E-state index contributed by atoms with van der Waals surface area (Å²) in [7, 11) is -4.55. The molecule has 1 fully saturated rings. The zero-order valence-electron chi connectivity index (χ0n) is 14.8. The number of halogens is 2. The van der Waals surface area contributed by atoms with Gasteiger partial charge in [0, 0.05) is 31.3 Å². The smallest absolute Gasteiger partial charge is 0.271 e. The first-order valence-corrected chi connectivity index (χ1v) is 9.74. The first kappa shape index (κ1) is 19.6. The number of benzene rings is 1. The van der Waals surface area contributed by atoms with E-state index in [1.54, 1.807) is 11.8 Å². The molecule has 0 spiro atoms. The highest BCUT2D eigenvalue weighted by Gasteiger charge is 2.38. The number of aromatic amines is 1. The Bertz CT molecular complexity index is 941. The van der Waals surface area contributed by atoms with E-state index in [1.165, 1.54) is 6.07 Å². The molecule has 1 aromatic carbocycles. The van der Waals surface area contributed by atoms with Crippen LogP contribution in [0.4, 0.5) is 14.5 Å². The highest BCUT2D eigenvalue weighted by molar-refractivity contribution is 7.89. The van der Waals surface area contributed by atoms with Crippen LogP contribution in [0.15, 0.2) is 17.0 Å². The molecule has 0 bridgehead atoms. The van der Waals surface area contributed by atoms with Gasteiger partial charge in [-0.1, -0.05) is 0 Å². The van der Waals surface area contributed by atoms with E-state index in [0.717, 1.165) is 6.07 Å². The monoisotopic (exact) mass is 402 g/mol. The van der Waals surface area contributed by atoms with Crippen LogP contribution in [0.5, 0.6) is 0 Å². The molecule has 2 aromatic rings. The Hall–Kier alpha value is -2.18. The van der Waals surface area contributed by atoms with Crippen LogP contribution in [0.2, 0.25) is 0 Å². The highest BCUT2D eigenvalue weighted by atomic mass is 32.2. The van der Waals surface area contributed by atoms with Gasteiger partial charge in [0.1, 0.15) is 4.90 Å². The minimum Gasteiger partial charge on any atom is -0.388 e. The lowest BCUT2D eigenvalue weighted by Gasteiger charge is -2.39. The van der Waals surface area contributed by atoms with Crippen molar-refractivity contribution in [1.82, 2.24) is 20.6 Å². The molecule has 148 valence electrons. The van der Waals surface area contributed by atoms with E-state index < -0.39 is 32.0 Å². The number of H-pyrrole nitrogens is 1. The van der Waals surface area contributed by atoms with Gasteiger partial charge >= 0.3 is 0 Å². The number of anilines is 1. The van der Waals surface area contributed by atoms with Crippen LogP contribution in [0, 0.1) is 0 Å². The van der Waals surface area contributed by atoms with E-state index in [-0.39, 0.29) is 17.9 Å². The number of aromatic nitrogens is 4. The maximum Gasteiger partial charge on any atom is 0.271 e. The number of nitrogens with two attached hydrogens (primary N) is 1. The average Bonchev–Trinajstić information content (AvgIpc) is 3.05. The molecule has 1 aliphatic heterocycles. The third-order valence-electron chi connectivity index (χ3n) is 4.49. The Kier molecular flexibility index (Phi) is 4.68. The van der Waals surface area contributed by atoms with Gasteiger partial charge in [0.25, 0.3) is 5.92 Å². The van der Waals surface area contributed by atoms with E-state index >= 15 is 0 Å². The average molecular weight is 402 g/mol. The molecule has 0 saturated carbocycles. The van der Waals surface area contributed by atoms with Crippen molar-refractivity contribution in [2.45, 2.75) is 43.1 Å². The van der Waals surface area contributed by atoms with Crippen molar-refractivity contribution >= 4 is 15.7 Å². The Labute approximate surface area is 154 Å². The highest BCUT2D eigenvalue weighted by Crippen LogP contribution is 2.42. The van der Waals surface area contributed by atoms with E-state index in [9.17, 15) is 22.3 Å². The second-order valence-corrected chi connectivity index (χ2v) is 8.54. The summed E-state index contributed by atoms with van der Waals surface area (Å²) in [4.78, 5) is 0.976. The predicted molar refractivity (Wildman–Crippen MR) is 92.6 cm³/mol. The van der Waals surface area contributed by atoms with Crippen molar-refractivity contribution in [3.05, 3.63) is 17.7 Å². The number of aliphatic hydroxyl groups is 1. The van der Waals surface area contributed by atoms with Crippen molar-refractivity contribution in [3.63, 3.8) is 0 Å². The maximum atomic E-state index is 14.1. The molecular formula is C15H20F2N6O3S. The van der Waals surface area contributed by atoms with E-state index in [0.29, 0.717) is 32.0 Å². The van der Waals surface area contributed by atoms with Crippen LogP contribution in [-0.4, -0.2) is 52.8 Å². The van der Waals surface area contributed by atoms with Gasteiger partial charge in [0.05, 0.1) is 11.2 Å². The molecule has 1 atom stereocenters. The van der Waals surface area contributed by atoms with Gasteiger partial charge in [-0.3, -0.25) is 0 Å². The largest absolute Gasteiger partial charge is 0.388 e. The number of rotatable bonds is 4. The summed E-state index contributed by atoms with van der Waals surface area (Å²) in [5.74, 6) is -3.57. The fraction of sp³-hybridized carbons (Fsp3) is 0.533. The summed E-state index contributed by atoms with van der Waals surface area (Å²) >= 11 is 0. The number of nitrogens with zero attached hydrogens (tertiary/aromatic N) is 4. The van der Waals surface area contributed by atoms with E-state index in [1.807, 2.05) is 0 Å². The molecule has 1 unspecified atom stereocenters. The zero-order valence-corrected chi connectivity index (χ0v) is 15.6.